The fourth-order valence-corrected chi connectivity index (χ4v) is 3.44. The number of benzene rings is 2. The van der Waals surface area contributed by atoms with Crippen LogP contribution in [0.2, 0.25) is 0 Å². The van der Waals surface area contributed by atoms with Crippen LogP contribution in [0, 0.1) is 0 Å². The molecule has 0 radical (unpaired) electrons. The van der Waals surface area contributed by atoms with E-state index in [2.05, 4.69) is 21.1 Å². The SMILES string of the molecule is Nc1ccc(SCc2cc(-c3ccccc3)on2)c(Br)c1. The molecule has 0 saturated heterocycles. The van der Waals surface area contributed by atoms with Gasteiger partial charge in [0.1, 0.15) is 0 Å². The lowest BCUT2D eigenvalue weighted by atomic mass is 10.2. The van der Waals surface area contributed by atoms with Crippen molar-refractivity contribution >= 4 is 33.4 Å². The molecule has 0 aliphatic carbocycles. The van der Waals surface area contributed by atoms with Crippen molar-refractivity contribution in [2.24, 2.45) is 0 Å². The van der Waals surface area contributed by atoms with E-state index in [0.29, 0.717) is 0 Å². The van der Waals surface area contributed by atoms with Gasteiger partial charge in [-0.15, -0.1) is 11.8 Å². The number of anilines is 1. The third kappa shape index (κ3) is 3.49. The summed E-state index contributed by atoms with van der Waals surface area (Å²) in [5, 5.41) is 4.12. The predicted molar refractivity (Wildman–Crippen MR) is 90.1 cm³/mol. The molecule has 0 atom stereocenters. The first-order chi connectivity index (χ1) is 10.2. The van der Waals surface area contributed by atoms with Gasteiger partial charge in [-0.3, -0.25) is 0 Å². The first-order valence-corrected chi connectivity index (χ1v) is 8.19. The predicted octanol–water partition coefficient (Wildman–Crippen LogP) is 4.98. The summed E-state index contributed by atoms with van der Waals surface area (Å²) in [6.45, 7) is 0. The molecule has 2 N–H and O–H groups in total. The second kappa shape index (κ2) is 6.37. The Balaban J connectivity index is 1.70. The fraction of sp³-hybridized carbons (Fsp3) is 0.0625. The first-order valence-electron chi connectivity index (χ1n) is 6.41. The summed E-state index contributed by atoms with van der Waals surface area (Å²) in [5.74, 6) is 1.54. The van der Waals surface area contributed by atoms with Gasteiger partial charge in [-0.25, -0.2) is 0 Å². The highest BCUT2D eigenvalue weighted by Gasteiger charge is 2.08. The topological polar surface area (TPSA) is 52.0 Å². The van der Waals surface area contributed by atoms with Gasteiger partial charge in [-0.1, -0.05) is 35.5 Å². The lowest BCUT2D eigenvalue weighted by Gasteiger charge is -2.03. The molecule has 2 aromatic carbocycles. The summed E-state index contributed by atoms with van der Waals surface area (Å²) in [6, 6.07) is 17.7. The van der Waals surface area contributed by atoms with Crippen molar-refractivity contribution in [3.05, 3.63) is 64.8 Å². The van der Waals surface area contributed by atoms with Crippen molar-refractivity contribution in [2.45, 2.75) is 10.6 Å². The molecule has 0 aliphatic heterocycles. The van der Waals surface area contributed by atoms with E-state index < -0.39 is 0 Å². The second-order valence-electron chi connectivity index (χ2n) is 4.53. The van der Waals surface area contributed by atoms with Gasteiger partial charge in [0.2, 0.25) is 0 Å². The van der Waals surface area contributed by atoms with Crippen LogP contribution in [0.4, 0.5) is 5.69 Å². The number of thioether (sulfide) groups is 1. The molecule has 1 heterocycles. The van der Waals surface area contributed by atoms with Crippen LogP contribution in [0.1, 0.15) is 5.69 Å². The molecule has 0 fully saturated rings. The lowest BCUT2D eigenvalue weighted by molar-refractivity contribution is 0.426. The minimum atomic E-state index is 0.749. The molecular weight excluding hydrogens is 348 g/mol. The van der Waals surface area contributed by atoms with Gasteiger partial charge >= 0.3 is 0 Å². The van der Waals surface area contributed by atoms with Crippen molar-refractivity contribution in [3.63, 3.8) is 0 Å². The number of halogens is 1. The van der Waals surface area contributed by atoms with E-state index in [4.69, 9.17) is 10.3 Å². The molecule has 0 aliphatic rings. The molecule has 1 aromatic heterocycles. The number of hydrogen-bond acceptors (Lipinski definition) is 4. The van der Waals surface area contributed by atoms with Crippen LogP contribution in [-0.4, -0.2) is 5.16 Å². The second-order valence-corrected chi connectivity index (χ2v) is 6.40. The van der Waals surface area contributed by atoms with E-state index in [1.54, 1.807) is 11.8 Å². The highest BCUT2D eigenvalue weighted by Crippen LogP contribution is 2.32. The summed E-state index contributed by atoms with van der Waals surface area (Å²) >= 11 is 5.21. The molecule has 0 spiro atoms. The van der Waals surface area contributed by atoms with Crippen molar-refractivity contribution in [1.29, 1.82) is 0 Å². The lowest BCUT2D eigenvalue weighted by Crippen LogP contribution is -1.85. The van der Waals surface area contributed by atoms with Crippen molar-refractivity contribution < 1.29 is 4.52 Å². The first kappa shape index (κ1) is 14.2. The Kier molecular flexibility index (Phi) is 4.31. The molecule has 3 rings (SSSR count). The Morgan fingerprint density at radius 1 is 1.10 bits per heavy atom. The van der Waals surface area contributed by atoms with Crippen molar-refractivity contribution in [3.8, 4) is 11.3 Å². The Bertz CT molecular complexity index is 743. The van der Waals surface area contributed by atoms with E-state index in [-0.39, 0.29) is 0 Å². The largest absolute Gasteiger partial charge is 0.399 e. The highest BCUT2D eigenvalue weighted by molar-refractivity contribution is 9.10. The molecule has 3 aromatic rings. The number of rotatable bonds is 4. The summed E-state index contributed by atoms with van der Waals surface area (Å²) < 4.78 is 6.39. The van der Waals surface area contributed by atoms with Crippen LogP contribution in [0.15, 0.2) is 68.5 Å². The van der Waals surface area contributed by atoms with Crippen LogP contribution in [-0.2, 0) is 5.75 Å². The number of aromatic nitrogens is 1. The number of nitrogens with two attached hydrogens (primary N) is 1. The minimum Gasteiger partial charge on any atom is -0.399 e. The van der Waals surface area contributed by atoms with Gasteiger partial charge in [-0.05, 0) is 34.1 Å². The Morgan fingerprint density at radius 2 is 1.90 bits per heavy atom. The van der Waals surface area contributed by atoms with Crippen molar-refractivity contribution in [1.82, 2.24) is 5.16 Å². The van der Waals surface area contributed by atoms with E-state index >= 15 is 0 Å². The zero-order chi connectivity index (χ0) is 14.7. The molecule has 0 bridgehead atoms. The van der Waals surface area contributed by atoms with E-state index in [1.807, 2.05) is 54.6 Å². The van der Waals surface area contributed by atoms with Gasteiger partial charge in [0, 0.05) is 32.4 Å². The summed E-state index contributed by atoms with van der Waals surface area (Å²) in [6.07, 6.45) is 0. The molecule has 0 amide bonds. The zero-order valence-electron chi connectivity index (χ0n) is 11.1. The number of nitrogen functional groups attached to an aromatic ring is 1. The van der Waals surface area contributed by atoms with Crippen molar-refractivity contribution in [2.75, 3.05) is 5.73 Å². The van der Waals surface area contributed by atoms with Gasteiger partial charge < -0.3 is 10.3 Å². The maximum atomic E-state index is 5.74. The van der Waals surface area contributed by atoms with Crippen LogP contribution in [0.5, 0.6) is 0 Å². The molecule has 0 unspecified atom stereocenters. The number of hydrogen-bond donors (Lipinski definition) is 1. The third-order valence-corrected chi connectivity index (χ3v) is 4.97. The monoisotopic (exact) mass is 360 g/mol. The molecule has 3 nitrogen and oxygen atoms in total. The quantitative estimate of drug-likeness (QED) is 0.526. The zero-order valence-corrected chi connectivity index (χ0v) is 13.5. The normalized spacial score (nSPS) is 10.7. The standard InChI is InChI=1S/C16H13BrN2OS/c17-14-8-12(18)6-7-16(14)21-10-13-9-15(20-19-13)11-4-2-1-3-5-11/h1-9H,10,18H2. The molecule has 21 heavy (non-hydrogen) atoms. The Labute approximate surface area is 135 Å². The molecule has 0 saturated carbocycles. The average molecular weight is 361 g/mol. The molecule has 5 heteroatoms. The van der Waals surface area contributed by atoms with E-state index in [0.717, 1.165) is 37.8 Å². The summed E-state index contributed by atoms with van der Waals surface area (Å²) in [5.41, 5.74) is 8.44. The Morgan fingerprint density at radius 3 is 2.67 bits per heavy atom. The third-order valence-electron chi connectivity index (χ3n) is 2.95. The van der Waals surface area contributed by atoms with Crippen LogP contribution in [0.3, 0.4) is 0 Å². The van der Waals surface area contributed by atoms with Gasteiger partial charge in [0.15, 0.2) is 5.76 Å². The fourth-order valence-electron chi connectivity index (χ4n) is 1.90. The summed E-state index contributed by atoms with van der Waals surface area (Å²) in [4.78, 5) is 1.13. The van der Waals surface area contributed by atoms with Gasteiger partial charge in [0.05, 0.1) is 5.69 Å². The minimum absolute atomic E-state index is 0.749. The maximum absolute atomic E-state index is 5.74. The summed E-state index contributed by atoms with van der Waals surface area (Å²) in [7, 11) is 0. The van der Waals surface area contributed by atoms with Crippen LogP contribution in [0.25, 0.3) is 11.3 Å². The van der Waals surface area contributed by atoms with Gasteiger partial charge in [-0.2, -0.15) is 0 Å². The Hall–Kier alpha value is -1.72. The number of nitrogens with zero attached hydrogens (tertiary/aromatic N) is 1. The molecule has 106 valence electrons. The smallest absolute Gasteiger partial charge is 0.167 e. The molecular formula is C16H13BrN2OS. The van der Waals surface area contributed by atoms with Crippen LogP contribution < -0.4 is 5.73 Å². The van der Waals surface area contributed by atoms with Gasteiger partial charge in [0.25, 0.3) is 0 Å². The van der Waals surface area contributed by atoms with E-state index in [9.17, 15) is 0 Å². The van der Waals surface area contributed by atoms with Crippen LogP contribution >= 0.6 is 27.7 Å². The van der Waals surface area contributed by atoms with E-state index in [1.165, 1.54) is 0 Å². The average Bonchev–Trinajstić information content (AvgIpc) is 2.96. The maximum Gasteiger partial charge on any atom is 0.167 e. The highest BCUT2D eigenvalue weighted by atomic mass is 79.9.